The summed E-state index contributed by atoms with van der Waals surface area (Å²) < 4.78 is 0. The van der Waals surface area contributed by atoms with Gasteiger partial charge in [-0.3, -0.25) is 19.4 Å². The molecule has 36 heavy (non-hydrogen) atoms. The van der Waals surface area contributed by atoms with Gasteiger partial charge in [-0.2, -0.15) is 0 Å². The normalized spacial score (nSPS) is 14.2. The Labute approximate surface area is 212 Å². The van der Waals surface area contributed by atoms with Gasteiger partial charge in [0.1, 0.15) is 12.1 Å². The topological polar surface area (TPSA) is 178 Å². The summed E-state index contributed by atoms with van der Waals surface area (Å²) in [6.07, 6.45) is 1.53. The van der Waals surface area contributed by atoms with E-state index in [1.165, 1.54) is 0 Å². The van der Waals surface area contributed by atoms with Crippen molar-refractivity contribution in [2.45, 2.75) is 57.7 Å². The number of carbonyl (C=O) groups excluding carboxylic acids is 3. The van der Waals surface area contributed by atoms with Crippen LogP contribution in [-0.4, -0.2) is 55.4 Å². The van der Waals surface area contributed by atoms with Crippen molar-refractivity contribution in [3.05, 3.63) is 48.0 Å². The van der Waals surface area contributed by atoms with E-state index in [-0.39, 0.29) is 18.3 Å². The van der Waals surface area contributed by atoms with Crippen LogP contribution in [0.25, 0.3) is 10.8 Å². The lowest BCUT2D eigenvalue weighted by Gasteiger charge is -2.24. The number of guanidine groups is 1. The molecule has 0 unspecified atom stereocenters. The molecule has 0 radical (unpaired) electrons. The standard InChI is InChI=1S/C26H39N7O3/c1-16(2)13-20(27)24(35)32-21(9-6-12-31-26(29)30-3)25(36)33-22(23(28)34)15-17-10-11-18-7-4-5-8-19(18)14-17/h4-5,7-8,10-11,14,16,20-22H,6,9,12-13,15,27H2,1-3H3,(H2,28,34)(H,32,35)(H,33,36)(H3,29,30,31)/t20-,21-,22-/m0/s1. The number of nitrogens with one attached hydrogen (secondary N) is 3. The molecular weight excluding hydrogens is 458 g/mol. The number of primary amides is 1. The first-order valence-corrected chi connectivity index (χ1v) is 12.2. The maximum atomic E-state index is 13.2. The summed E-state index contributed by atoms with van der Waals surface area (Å²) >= 11 is 0. The second-order valence-electron chi connectivity index (χ2n) is 9.32. The van der Waals surface area contributed by atoms with Crippen molar-refractivity contribution in [3.63, 3.8) is 0 Å². The zero-order valence-corrected chi connectivity index (χ0v) is 21.3. The quantitative estimate of drug-likeness (QED) is 0.133. The minimum Gasteiger partial charge on any atom is -0.370 e. The molecule has 0 aliphatic heterocycles. The molecule has 0 aliphatic carbocycles. The number of hydrogen-bond donors (Lipinski definition) is 6. The summed E-state index contributed by atoms with van der Waals surface area (Å²) in [6.45, 7) is 4.39. The van der Waals surface area contributed by atoms with Crippen LogP contribution < -0.4 is 33.2 Å². The van der Waals surface area contributed by atoms with E-state index in [1.807, 2.05) is 56.3 Å². The first-order chi connectivity index (χ1) is 17.1. The van der Waals surface area contributed by atoms with E-state index >= 15 is 0 Å². The molecule has 0 spiro atoms. The number of benzene rings is 2. The number of fused-ring (bicyclic) bond motifs is 1. The van der Waals surface area contributed by atoms with Crippen molar-refractivity contribution < 1.29 is 14.4 Å². The summed E-state index contributed by atoms with van der Waals surface area (Å²) in [5.41, 5.74) is 18.1. The Morgan fingerprint density at radius 2 is 1.61 bits per heavy atom. The summed E-state index contributed by atoms with van der Waals surface area (Å²) in [4.78, 5) is 41.9. The Hall–Kier alpha value is -3.66. The van der Waals surface area contributed by atoms with Gasteiger partial charge < -0.3 is 33.2 Å². The van der Waals surface area contributed by atoms with Gasteiger partial charge in [0.2, 0.25) is 17.7 Å². The fraction of sp³-hybridized carbons (Fsp3) is 0.462. The third-order valence-corrected chi connectivity index (χ3v) is 5.83. The highest BCUT2D eigenvalue weighted by Gasteiger charge is 2.27. The van der Waals surface area contributed by atoms with Crippen LogP contribution in [0.2, 0.25) is 0 Å². The molecule has 10 nitrogen and oxygen atoms in total. The smallest absolute Gasteiger partial charge is 0.243 e. The lowest BCUT2D eigenvalue weighted by atomic mass is 10.0. The minimum absolute atomic E-state index is 0.222. The highest BCUT2D eigenvalue weighted by molar-refractivity contribution is 5.93. The van der Waals surface area contributed by atoms with E-state index in [0.29, 0.717) is 25.8 Å². The van der Waals surface area contributed by atoms with Crippen molar-refractivity contribution in [2.75, 3.05) is 13.6 Å². The molecule has 10 heteroatoms. The molecular formula is C26H39N7O3. The van der Waals surface area contributed by atoms with Crippen molar-refractivity contribution >= 4 is 34.5 Å². The van der Waals surface area contributed by atoms with Gasteiger partial charge in [0.25, 0.3) is 0 Å². The van der Waals surface area contributed by atoms with E-state index < -0.39 is 35.8 Å². The van der Waals surface area contributed by atoms with E-state index in [0.717, 1.165) is 16.3 Å². The van der Waals surface area contributed by atoms with E-state index in [4.69, 9.17) is 17.2 Å². The van der Waals surface area contributed by atoms with Gasteiger partial charge in [-0.15, -0.1) is 0 Å². The molecule has 0 fully saturated rings. The zero-order valence-electron chi connectivity index (χ0n) is 21.3. The molecule has 2 aromatic carbocycles. The second kappa shape index (κ2) is 14.0. The maximum Gasteiger partial charge on any atom is 0.243 e. The number of rotatable bonds is 13. The van der Waals surface area contributed by atoms with Crippen molar-refractivity contribution in [2.24, 2.45) is 28.1 Å². The highest BCUT2D eigenvalue weighted by atomic mass is 16.2. The number of hydrogen-bond acceptors (Lipinski definition) is 5. The van der Waals surface area contributed by atoms with Crippen LogP contribution in [-0.2, 0) is 20.8 Å². The Balaban J connectivity index is 2.11. The number of carbonyl (C=O) groups is 3. The number of nitrogens with zero attached hydrogens (tertiary/aromatic N) is 1. The number of amides is 3. The van der Waals surface area contributed by atoms with Gasteiger partial charge in [-0.1, -0.05) is 56.3 Å². The summed E-state index contributed by atoms with van der Waals surface area (Å²) in [7, 11) is 1.56. The Kier molecular flexibility index (Phi) is 11.1. The van der Waals surface area contributed by atoms with Crippen LogP contribution in [0.4, 0.5) is 0 Å². The minimum atomic E-state index is -0.941. The van der Waals surface area contributed by atoms with Gasteiger partial charge in [0.05, 0.1) is 6.04 Å². The molecule has 0 aromatic heterocycles. The van der Waals surface area contributed by atoms with Gasteiger partial charge in [-0.25, -0.2) is 0 Å². The third kappa shape index (κ3) is 9.18. The monoisotopic (exact) mass is 497 g/mol. The van der Waals surface area contributed by atoms with Crippen LogP contribution in [0.1, 0.15) is 38.7 Å². The largest absolute Gasteiger partial charge is 0.370 e. The SMILES string of the molecule is CN=C(N)NCCC[C@H](NC(=O)[C@@H](N)CC(C)C)C(=O)N[C@@H](Cc1ccc2ccccc2c1)C(N)=O. The Morgan fingerprint density at radius 3 is 2.25 bits per heavy atom. The lowest BCUT2D eigenvalue weighted by molar-refractivity contribution is -0.132. The van der Waals surface area contributed by atoms with Gasteiger partial charge >= 0.3 is 0 Å². The zero-order chi connectivity index (χ0) is 26.7. The maximum absolute atomic E-state index is 13.2. The molecule has 9 N–H and O–H groups in total. The predicted octanol–water partition coefficient (Wildman–Crippen LogP) is 0.525. The average molecular weight is 498 g/mol. The summed E-state index contributed by atoms with van der Waals surface area (Å²) in [5, 5.41) is 10.5. The molecule has 0 aliphatic rings. The molecule has 3 amide bonds. The first kappa shape index (κ1) is 28.6. The van der Waals surface area contributed by atoms with E-state index in [9.17, 15) is 14.4 Å². The predicted molar refractivity (Wildman–Crippen MR) is 143 cm³/mol. The van der Waals surface area contributed by atoms with Crippen LogP contribution in [0, 0.1) is 5.92 Å². The molecule has 0 heterocycles. The van der Waals surface area contributed by atoms with Crippen molar-refractivity contribution in [1.29, 1.82) is 0 Å². The van der Waals surface area contributed by atoms with Crippen LogP contribution in [0.15, 0.2) is 47.5 Å². The van der Waals surface area contributed by atoms with Crippen LogP contribution in [0.5, 0.6) is 0 Å². The van der Waals surface area contributed by atoms with Crippen LogP contribution in [0.3, 0.4) is 0 Å². The van der Waals surface area contributed by atoms with Crippen LogP contribution >= 0.6 is 0 Å². The molecule has 2 aromatic rings. The third-order valence-electron chi connectivity index (χ3n) is 5.83. The Bertz CT molecular complexity index is 1070. The lowest BCUT2D eigenvalue weighted by Crippen LogP contribution is -2.56. The summed E-state index contributed by atoms with van der Waals surface area (Å²) in [5.74, 6) is -1.08. The average Bonchev–Trinajstić information content (AvgIpc) is 2.84. The van der Waals surface area contributed by atoms with Gasteiger partial charge in [0, 0.05) is 20.0 Å². The van der Waals surface area contributed by atoms with Gasteiger partial charge in [-0.05, 0) is 41.5 Å². The number of aliphatic imine (C=N–C) groups is 1. The summed E-state index contributed by atoms with van der Waals surface area (Å²) in [6, 6.07) is 11.1. The van der Waals surface area contributed by atoms with E-state index in [2.05, 4.69) is 20.9 Å². The fourth-order valence-electron chi connectivity index (χ4n) is 3.86. The van der Waals surface area contributed by atoms with Crippen molar-refractivity contribution in [3.8, 4) is 0 Å². The molecule has 0 saturated heterocycles. The first-order valence-electron chi connectivity index (χ1n) is 12.2. The number of nitrogens with two attached hydrogens (primary N) is 3. The Morgan fingerprint density at radius 1 is 0.944 bits per heavy atom. The molecule has 0 saturated carbocycles. The van der Waals surface area contributed by atoms with E-state index in [1.54, 1.807) is 7.05 Å². The molecule has 3 atom stereocenters. The highest BCUT2D eigenvalue weighted by Crippen LogP contribution is 2.17. The molecule has 196 valence electrons. The second-order valence-corrected chi connectivity index (χ2v) is 9.32. The fourth-order valence-corrected chi connectivity index (χ4v) is 3.86. The van der Waals surface area contributed by atoms with Gasteiger partial charge in [0.15, 0.2) is 5.96 Å². The molecule has 2 rings (SSSR count). The van der Waals surface area contributed by atoms with Crippen molar-refractivity contribution in [1.82, 2.24) is 16.0 Å². The molecule has 0 bridgehead atoms.